The first-order valence-corrected chi connectivity index (χ1v) is 12.2. The van der Waals surface area contributed by atoms with Crippen LogP contribution in [0.5, 0.6) is 0 Å². The Kier molecular flexibility index (Phi) is 8.00. The van der Waals surface area contributed by atoms with Crippen LogP contribution in [-0.4, -0.2) is 52.5 Å². The van der Waals surface area contributed by atoms with Crippen LogP contribution in [0.2, 0.25) is 0 Å². The summed E-state index contributed by atoms with van der Waals surface area (Å²) in [6.45, 7) is 7.34. The summed E-state index contributed by atoms with van der Waals surface area (Å²) in [5.74, 6) is -0.257. The molecule has 10 heteroatoms. The van der Waals surface area contributed by atoms with Crippen LogP contribution in [0.3, 0.4) is 0 Å². The van der Waals surface area contributed by atoms with Crippen molar-refractivity contribution in [2.75, 3.05) is 25.0 Å². The smallest absolute Gasteiger partial charge is 0.251 e. The quantitative estimate of drug-likeness (QED) is 0.605. The van der Waals surface area contributed by atoms with Crippen LogP contribution in [0.4, 0.5) is 5.13 Å². The number of benzene rings is 1. The monoisotopic (exact) mass is 521 g/mol. The van der Waals surface area contributed by atoms with Gasteiger partial charge in [-0.2, -0.15) is 0 Å². The lowest BCUT2D eigenvalue weighted by atomic mass is 9.91. The fourth-order valence-electron chi connectivity index (χ4n) is 3.45. The molecule has 0 bridgehead atoms. The lowest BCUT2D eigenvalue weighted by Crippen LogP contribution is -2.45. The summed E-state index contributed by atoms with van der Waals surface area (Å²) < 4.78 is 0.848. The molecule has 2 heterocycles. The molecule has 1 aromatic heterocycles. The van der Waals surface area contributed by atoms with Crippen molar-refractivity contribution in [2.24, 2.45) is 11.3 Å². The van der Waals surface area contributed by atoms with Gasteiger partial charge in [-0.1, -0.05) is 54.1 Å². The van der Waals surface area contributed by atoms with Crippen molar-refractivity contribution in [2.45, 2.75) is 40.0 Å². The van der Waals surface area contributed by atoms with E-state index in [0.717, 1.165) is 9.48 Å². The number of carbonyl (C=O) groups excluding carboxylic acids is 3. The summed E-state index contributed by atoms with van der Waals surface area (Å²) in [4.78, 5) is 39.0. The van der Waals surface area contributed by atoms with Crippen molar-refractivity contribution < 1.29 is 14.4 Å². The van der Waals surface area contributed by atoms with Crippen LogP contribution in [0, 0.1) is 11.3 Å². The second-order valence-corrected chi connectivity index (χ2v) is 10.8. The molecule has 0 unspecified atom stereocenters. The van der Waals surface area contributed by atoms with Crippen molar-refractivity contribution in [3.8, 4) is 0 Å². The average Bonchev–Trinajstić information content (AvgIpc) is 3.19. The first-order valence-electron chi connectivity index (χ1n) is 10.6. The highest BCUT2D eigenvalue weighted by Crippen LogP contribution is 2.25. The zero-order chi connectivity index (χ0) is 23.3. The fraction of sp³-hybridized carbons (Fsp3) is 0.500. The van der Waals surface area contributed by atoms with Gasteiger partial charge in [-0.05, 0) is 31.0 Å². The van der Waals surface area contributed by atoms with E-state index >= 15 is 0 Å². The van der Waals surface area contributed by atoms with Gasteiger partial charge >= 0.3 is 0 Å². The highest BCUT2D eigenvalue weighted by molar-refractivity contribution is 9.10. The van der Waals surface area contributed by atoms with Gasteiger partial charge in [-0.25, -0.2) is 0 Å². The Morgan fingerprint density at radius 2 is 1.91 bits per heavy atom. The topological polar surface area (TPSA) is 104 Å². The predicted molar refractivity (Wildman–Crippen MR) is 127 cm³/mol. The summed E-state index contributed by atoms with van der Waals surface area (Å²) >= 11 is 4.66. The maximum absolute atomic E-state index is 12.6. The number of aromatic nitrogens is 2. The number of amides is 3. The van der Waals surface area contributed by atoms with Crippen molar-refractivity contribution in [1.82, 2.24) is 20.4 Å². The van der Waals surface area contributed by atoms with E-state index in [-0.39, 0.29) is 23.6 Å². The molecule has 0 saturated carbocycles. The van der Waals surface area contributed by atoms with Gasteiger partial charge in [-0.3, -0.25) is 14.4 Å². The molecule has 0 aliphatic carbocycles. The Morgan fingerprint density at radius 1 is 1.19 bits per heavy atom. The van der Waals surface area contributed by atoms with E-state index in [9.17, 15) is 14.4 Å². The minimum absolute atomic E-state index is 0.0847. The minimum Gasteiger partial charge on any atom is -0.352 e. The Morgan fingerprint density at radius 3 is 2.56 bits per heavy atom. The summed E-state index contributed by atoms with van der Waals surface area (Å²) in [6.07, 6.45) is 1.81. The maximum Gasteiger partial charge on any atom is 0.251 e. The van der Waals surface area contributed by atoms with E-state index in [1.54, 1.807) is 12.1 Å². The third kappa shape index (κ3) is 6.59. The van der Waals surface area contributed by atoms with Crippen molar-refractivity contribution in [1.29, 1.82) is 0 Å². The number of rotatable bonds is 6. The molecule has 0 spiro atoms. The number of anilines is 1. The van der Waals surface area contributed by atoms with Crippen molar-refractivity contribution in [3.05, 3.63) is 39.3 Å². The second-order valence-electron chi connectivity index (χ2n) is 8.82. The number of halogens is 1. The number of piperidine rings is 1. The lowest BCUT2D eigenvalue weighted by Gasteiger charge is -2.35. The maximum atomic E-state index is 12.6. The standard InChI is InChI=1S/C22H28BrN5O3S/c1-22(2,3)20(31)28-11-8-14(9-12-28)19(30)25-21-27-26-17(32-21)7-10-24-18(29)15-5-4-6-16(23)13-15/h4-6,13-14H,7-12H2,1-3H3,(H,24,29)(H,25,27,30). The van der Waals surface area contributed by atoms with Gasteiger partial charge in [-0.15, -0.1) is 10.2 Å². The highest BCUT2D eigenvalue weighted by Gasteiger charge is 2.32. The zero-order valence-electron chi connectivity index (χ0n) is 18.5. The molecule has 32 heavy (non-hydrogen) atoms. The molecule has 0 atom stereocenters. The largest absolute Gasteiger partial charge is 0.352 e. The van der Waals surface area contributed by atoms with Gasteiger partial charge in [0.1, 0.15) is 5.01 Å². The molecular formula is C22H28BrN5O3S. The molecular weight excluding hydrogens is 494 g/mol. The van der Waals surface area contributed by atoms with Gasteiger partial charge in [0.25, 0.3) is 5.91 Å². The molecule has 2 N–H and O–H groups in total. The average molecular weight is 522 g/mol. The molecule has 1 aliphatic rings. The molecule has 2 aromatic rings. The Bertz CT molecular complexity index is 980. The van der Waals surface area contributed by atoms with E-state index in [4.69, 9.17) is 0 Å². The third-order valence-corrected chi connectivity index (χ3v) is 6.59. The van der Waals surface area contributed by atoms with Gasteiger partial charge in [0, 0.05) is 47.4 Å². The Labute approximate surface area is 200 Å². The molecule has 1 saturated heterocycles. The number of nitrogens with zero attached hydrogens (tertiary/aromatic N) is 3. The number of nitrogens with one attached hydrogen (secondary N) is 2. The molecule has 3 amide bonds. The number of hydrogen-bond acceptors (Lipinski definition) is 6. The van der Waals surface area contributed by atoms with E-state index in [1.165, 1.54) is 11.3 Å². The zero-order valence-corrected chi connectivity index (χ0v) is 20.9. The third-order valence-electron chi connectivity index (χ3n) is 5.20. The molecule has 172 valence electrons. The van der Waals surface area contributed by atoms with Crippen LogP contribution in [-0.2, 0) is 16.0 Å². The van der Waals surface area contributed by atoms with Crippen LogP contribution in [0.25, 0.3) is 0 Å². The molecule has 3 rings (SSSR count). The van der Waals surface area contributed by atoms with Gasteiger partial charge in [0.15, 0.2) is 0 Å². The van der Waals surface area contributed by atoms with Gasteiger partial charge in [0.2, 0.25) is 16.9 Å². The summed E-state index contributed by atoms with van der Waals surface area (Å²) in [5.41, 5.74) is 0.176. The molecule has 1 aliphatic heterocycles. The minimum atomic E-state index is -0.407. The molecule has 1 fully saturated rings. The van der Waals surface area contributed by atoms with E-state index < -0.39 is 5.41 Å². The Hall–Kier alpha value is -2.33. The van der Waals surface area contributed by atoms with Crippen LogP contribution in [0.1, 0.15) is 49.0 Å². The number of likely N-dealkylation sites (tertiary alicyclic amines) is 1. The SMILES string of the molecule is CC(C)(C)C(=O)N1CCC(C(=O)Nc2nnc(CCNC(=O)c3cccc(Br)c3)s2)CC1. The predicted octanol–water partition coefficient (Wildman–Crippen LogP) is 3.50. The van der Waals surface area contributed by atoms with E-state index in [0.29, 0.717) is 49.6 Å². The Balaban J connectivity index is 1.42. The van der Waals surface area contributed by atoms with Crippen LogP contribution in [0.15, 0.2) is 28.7 Å². The molecule has 0 radical (unpaired) electrons. The number of hydrogen-bond donors (Lipinski definition) is 2. The normalized spacial score (nSPS) is 14.8. The summed E-state index contributed by atoms with van der Waals surface area (Å²) in [6, 6.07) is 7.19. The molecule has 8 nitrogen and oxygen atoms in total. The van der Waals surface area contributed by atoms with Crippen LogP contribution < -0.4 is 10.6 Å². The van der Waals surface area contributed by atoms with Gasteiger partial charge < -0.3 is 15.5 Å². The van der Waals surface area contributed by atoms with Crippen molar-refractivity contribution in [3.63, 3.8) is 0 Å². The highest BCUT2D eigenvalue weighted by atomic mass is 79.9. The van der Waals surface area contributed by atoms with Crippen LogP contribution >= 0.6 is 27.3 Å². The summed E-state index contributed by atoms with van der Waals surface area (Å²) in [7, 11) is 0. The first-order chi connectivity index (χ1) is 15.1. The second kappa shape index (κ2) is 10.5. The van der Waals surface area contributed by atoms with E-state index in [1.807, 2.05) is 37.8 Å². The van der Waals surface area contributed by atoms with Gasteiger partial charge in [0.05, 0.1) is 0 Å². The lowest BCUT2D eigenvalue weighted by molar-refractivity contribution is -0.142. The fourth-order valence-corrected chi connectivity index (χ4v) is 4.59. The summed E-state index contributed by atoms with van der Waals surface area (Å²) in [5, 5.41) is 15.0. The van der Waals surface area contributed by atoms with Crippen molar-refractivity contribution >= 4 is 50.1 Å². The molecule has 1 aromatic carbocycles. The first kappa shape index (κ1) is 24.3. The van der Waals surface area contributed by atoms with E-state index in [2.05, 4.69) is 36.8 Å². The number of carbonyl (C=O) groups is 3.